The summed E-state index contributed by atoms with van der Waals surface area (Å²) in [5, 5.41) is 0.428. The monoisotopic (exact) mass is 456 g/mol. The van der Waals surface area contributed by atoms with Crippen molar-refractivity contribution in [1.29, 1.82) is 0 Å². The predicted molar refractivity (Wildman–Crippen MR) is 118 cm³/mol. The third-order valence-corrected chi connectivity index (χ3v) is 5.54. The van der Waals surface area contributed by atoms with E-state index in [4.69, 9.17) is 28.1 Å². The summed E-state index contributed by atoms with van der Waals surface area (Å²) in [5.41, 5.74) is -0.674. The van der Waals surface area contributed by atoms with Gasteiger partial charge in [0, 0.05) is 19.9 Å². The van der Waals surface area contributed by atoms with Crippen LogP contribution in [0.5, 0.6) is 17.2 Å². The van der Waals surface area contributed by atoms with Crippen LogP contribution in [-0.4, -0.2) is 37.9 Å². The van der Waals surface area contributed by atoms with Gasteiger partial charge >= 0.3 is 11.9 Å². The second kappa shape index (κ2) is 7.99. The van der Waals surface area contributed by atoms with Gasteiger partial charge < -0.3 is 28.1 Å². The molecule has 0 fully saturated rings. The van der Waals surface area contributed by atoms with Crippen molar-refractivity contribution in [2.75, 3.05) is 14.2 Å². The molecule has 0 amide bonds. The number of hydrogen-bond acceptors (Lipinski definition) is 9. The fourth-order valence-corrected chi connectivity index (χ4v) is 4.23. The molecule has 0 spiro atoms. The van der Waals surface area contributed by atoms with Crippen molar-refractivity contribution in [3.05, 3.63) is 40.1 Å². The van der Waals surface area contributed by atoms with Crippen molar-refractivity contribution in [2.24, 2.45) is 0 Å². The van der Waals surface area contributed by atoms with Crippen LogP contribution in [0.25, 0.3) is 21.9 Å². The van der Waals surface area contributed by atoms with E-state index in [1.807, 2.05) is 0 Å². The predicted octanol–water partition coefficient (Wildman–Crippen LogP) is 3.67. The lowest BCUT2D eigenvalue weighted by Gasteiger charge is -2.43. The molecule has 2 atom stereocenters. The fraction of sp³-hybridized carbons (Fsp3) is 0.375. The van der Waals surface area contributed by atoms with Crippen molar-refractivity contribution in [2.45, 2.75) is 45.5 Å². The smallest absolute Gasteiger partial charge is 0.303 e. The summed E-state index contributed by atoms with van der Waals surface area (Å²) in [6, 6.07) is 6.53. The molecule has 33 heavy (non-hydrogen) atoms. The molecule has 2 heterocycles. The van der Waals surface area contributed by atoms with E-state index in [-0.39, 0.29) is 44.4 Å². The topological polar surface area (TPSA) is 111 Å². The van der Waals surface area contributed by atoms with Gasteiger partial charge in [0.05, 0.1) is 25.2 Å². The molecule has 0 radical (unpaired) electrons. The van der Waals surface area contributed by atoms with Gasteiger partial charge in [0.15, 0.2) is 23.5 Å². The summed E-state index contributed by atoms with van der Waals surface area (Å²) >= 11 is 0. The van der Waals surface area contributed by atoms with Crippen molar-refractivity contribution in [3.8, 4) is 17.2 Å². The van der Waals surface area contributed by atoms with Crippen LogP contribution in [0.2, 0.25) is 0 Å². The van der Waals surface area contributed by atoms with E-state index in [9.17, 15) is 14.4 Å². The molecule has 9 heteroatoms. The number of fused-ring (bicyclic) bond motifs is 3. The lowest BCUT2D eigenvalue weighted by molar-refractivity contribution is -0.188. The fourth-order valence-electron chi connectivity index (χ4n) is 4.23. The Labute approximate surface area is 189 Å². The Morgan fingerprint density at radius 2 is 1.73 bits per heavy atom. The summed E-state index contributed by atoms with van der Waals surface area (Å²) in [5.74, 6) is -0.388. The van der Waals surface area contributed by atoms with E-state index in [0.29, 0.717) is 5.75 Å². The quantitative estimate of drug-likeness (QED) is 0.429. The number of esters is 2. The number of carbonyl (C=O) groups excluding carboxylic acids is 2. The molecule has 0 unspecified atom stereocenters. The number of para-hydroxylation sites is 1. The van der Waals surface area contributed by atoms with Crippen molar-refractivity contribution in [1.82, 2.24) is 0 Å². The summed E-state index contributed by atoms with van der Waals surface area (Å²) in [6.45, 7) is 5.91. The minimum absolute atomic E-state index is 0.111. The number of carbonyl (C=O) groups is 2. The molecule has 1 aliphatic rings. The summed E-state index contributed by atoms with van der Waals surface area (Å²) in [6.07, 6.45) is -2.07. The van der Waals surface area contributed by atoms with E-state index in [1.54, 1.807) is 38.1 Å². The Balaban J connectivity index is 2.11. The minimum atomic E-state index is -1.08. The molecular formula is C24H24O9. The van der Waals surface area contributed by atoms with Crippen molar-refractivity contribution in [3.63, 3.8) is 0 Å². The molecule has 0 aliphatic carbocycles. The lowest BCUT2D eigenvalue weighted by atomic mass is 9.86. The third kappa shape index (κ3) is 3.63. The Hall–Kier alpha value is -3.75. The zero-order valence-electron chi connectivity index (χ0n) is 19.1. The van der Waals surface area contributed by atoms with E-state index < -0.39 is 29.7 Å². The summed E-state index contributed by atoms with van der Waals surface area (Å²) < 4.78 is 34.3. The molecule has 1 aliphatic heterocycles. The van der Waals surface area contributed by atoms with Gasteiger partial charge in [-0.25, -0.2) is 0 Å². The molecule has 174 valence electrons. The molecule has 2 aromatic carbocycles. The molecule has 3 aromatic rings. The first-order valence-corrected chi connectivity index (χ1v) is 10.3. The van der Waals surface area contributed by atoms with Gasteiger partial charge in [0.25, 0.3) is 0 Å². The zero-order valence-corrected chi connectivity index (χ0v) is 19.1. The number of rotatable bonds is 4. The largest absolute Gasteiger partial charge is 0.495 e. The van der Waals surface area contributed by atoms with E-state index in [0.717, 1.165) is 0 Å². The first-order valence-electron chi connectivity index (χ1n) is 10.3. The number of ether oxygens (including phenoxy) is 5. The van der Waals surface area contributed by atoms with Crippen molar-refractivity contribution < 1.29 is 37.7 Å². The van der Waals surface area contributed by atoms with E-state index in [2.05, 4.69) is 0 Å². The molecule has 1 aromatic heterocycles. The molecule has 0 N–H and O–H groups in total. The Bertz CT molecular complexity index is 1340. The second-order valence-electron chi connectivity index (χ2n) is 8.23. The average molecular weight is 456 g/mol. The minimum Gasteiger partial charge on any atom is -0.495 e. The molecule has 0 saturated heterocycles. The van der Waals surface area contributed by atoms with Crippen LogP contribution >= 0.6 is 0 Å². The van der Waals surface area contributed by atoms with E-state index >= 15 is 0 Å². The van der Waals surface area contributed by atoms with Crippen LogP contribution in [0.3, 0.4) is 0 Å². The van der Waals surface area contributed by atoms with Crippen LogP contribution < -0.4 is 19.6 Å². The normalized spacial score (nSPS) is 18.8. The summed E-state index contributed by atoms with van der Waals surface area (Å²) in [7, 11) is 2.87. The Kier molecular flexibility index (Phi) is 5.43. The van der Waals surface area contributed by atoms with Crippen LogP contribution in [0.1, 0.15) is 39.4 Å². The van der Waals surface area contributed by atoms with Crippen LogP contribution in [0.4, 0.5) is 0 Å². The van der Waals surface area contributed by atoms with Gasteiger partial charge in [-0.15, -0.1) is 0 Å². The highest BCUT2D eigenvalue weighted by Crippen LogP contribution is 2.50. The Morgan fingerprint density at radius 3 is 2.33 bits per heavy atom. The van der Waals surface area contributed by atoms with Gasteiger partial charge in [0.2, 0.25) is 5.43 Å². The van der Waals surface area contributed by atoms with E-state index in [1.165, 1.54) is 28.1 Å². The molecule has 9 nitrogen and oxygen atoms in total. The van der Waals surface area contributed by atoms with Crippen molar-refractivity contribution >= 4 is 33.9 Å². The van der Waals surface area contributed by atoms with Gasteiger partial charge in [-0.2, -0.15) is 0 Å². The first kappa shape index (κ1) is 22.4. The first-order chi connectivity index (χ1) is 15.6. The standard InChI is InChI=1S/C24H24O9/c1-11(25)30-22-18-16(33-24(3,4)23(22)31-12(2)26)10-15-17(21(18)29-6)19(27)13-8-7-9-14(28-5)20(13)32-15/h7-10,22-23H,1-6H3/t22-,23-/m1/s1. The number of hydrogen-bond donors (Lipinski definition) is 0. The van der Waals surface area contributed by atoms with Gasteiger partial charge in [-0.05, 0) is 26.0 Å². The number of methoxy groups -OCH3 is 2. The Morgan fingerprint density at radius 1 is 1.03 bits per heavy atom. The van der Waals surface area contributed by atoms with Crippen LogP contribution in [-0.2, 0) is 19.1 Å². The van der Waals surface area contributed by atoms with Crippen LogP contribution in [0, 0.1) is 0 Å². The maximum Gasteiger partial charge on any atom is 0.303 e. The highest BCUT2D eigenvalue weighted by Gasteiger charge is 2.50. The lowest BCUT2D eigenvalue weighted by Crippen LogP contribution is -2.52. The van der Waals surface area contributed by atoms with Gasteiger partial charge in [0.1, 0.15) is 28.1 Å². The number of benzene rings is 2. The van der Waals surface area contributed by atoms with Gasteiger partial charge in [-0.3, -0.25) is 14.4 Å². The van der Waals surface area contributed by atoms with Crippen LogP contribution in [0.15, 0.2) is 33.5 Å². The maximum absolute atomic E-state index is 13.5. The average Bonchev–Trinajstić information content (AvgIpc) is 2.73. The zero-order chi connectivity index (χ0) is 24.1. The highest BCUT2D eigenvalue weighted by atomic mass is 16.6. The molecular weight excluding hydrogens is 432 g/mol. The third-order valence-electron chi connectivity index (χ3n) is 5.54. The molecule has 0 saturated carbocycles. The SMILES string of the molecule is COc1cccc2c(=O)c3c(OC)c4c(cc3oc12)OC(C)(C)[C@H](OC(C)=O)[C@@H]4OC(C)=O. The highest BCUT2D eigenvalue weighted by molar-refractivity contribution is 5.97. The summed E-state index contributed by atoms with van der Waals surface area (Å²) in [4.78, 5) is 37.4. The second-order valence-corrected chi connectivity index (χ2v) is 8.23. The maximum atomic E-state index is 13.5. The van der Waals surface area contributed by atoms with Gasteiger partial charge in [-0.1, -0.05) is 6.07 Å². The molecule has 4 rings (SSSR count). The molecule has 0 bridgehead atoms.